The number of phenolic OH excluding ortho intramolecular Hbond substituents is 1. The van der Waals surface area contributed by atoms with E-state index in [1.54, 1.807) is 18.2 Å². The van der Waals surface area contributed by atoms with Crippen LogP contribution in [-0.4, -0.2) is 121 Å². The number of likely N-dealkylation sites (N-methyl/N-ethyl adjacent to an activating group) is 1. The Morgan fingerprint density at radius 1 is 0.929 bits per heavy atom. The van der Waals surface area contributed by atoms with Crippen LogP contribution in [0.4, 0.5) is 5.82 Å². The molecule has 0 fully saturated rings. The van der Waals surface area contributed by atoms with Crippen molar-refractivity contribution in [1.82, 2.24) is 35.5 Å². The first-order valence-corrected chi connectivity index (χ1v) is 24.0. The van der Waals surface area contributed by atoms with Gasteiger partial charge >= 0.3 is 5.97 Å². The number of ether oxygens (including phenoxy) is 2. The van der Waals surface area contributed by atoms with Crippen LogP contribution >= 0.6 is 0 Å². The van der Waals surface area contributed by atoms with Gasteiger partial charge in [0.05, 0.1) is 18.9 Å². The van der Waals surface area contributed by atoms with Gasteiger partial charge in [0.1, 0.15) is 41.3 Å². The van der Waals surface area contributed by atoms with Gasteiger partial charge in [-0.3, -0.25) is 19.2 Å². The monoisotopic (exact) mass is 989 g/mol. The Morgan fingerprint density at radius 2 is 1.57 bits per heavy atom. The maximum Gasteiger partial charge on any atom is 0.326 e. The largest absolute Gasteiger partial charge is 0.504 e. The van der Waals surface area contributed by atoms with Crippen molar-refractivity contribution in [3.05, 3.63) is 82.5 Å². The minimum Gasteiger partial charge on any atom is -0.504 e. The number of hydrogen-bond acceptors (Lipinski definition) is 15. The van der Waals surface area contributed by atoms with E-state index in [1.807, 2.05) is 29.0 Å². The zero-order chi connectivity index (χ0) is 51.7. The number of aromatic nitrogens is 2. The SMILES string of the molecule is Cc1nc(-c2ccc(CC(C)(C)C)cc2)nc(N)c1C(=O)N[C@@H](CNS(N)(=O)=O)C(=O)N(C)[C@@H]1C(=O)N[C@@H](C)C(=O)N[C@H](C(=O)O)Cc2ccc(OCCCN)c(c2)-c2cc1cc(OCCCN)c2O. The highest BCUT2D eigenvalue weighted by molar-refractivity contribution is 7.87. The number of anilines is 1. The van der Waals surface area contributed by atoms with Crippen LogP contribution in [0.15, 0.2) is 54.6 Å². The summed E-state index contributed by atoms with van der Waals surface area (Å²) in [5.74, 6) is -5.70. The highest BCUT2D eigenvalue weighted by atomic mass is 32.2. The molecule has 4 atom stereocenters. The first-order valence-electron chi connectivity index (χ1n) is 22.5. The molecule has 14 N–H and O–H groups in total. The molecule has 0 aliphatic carbocycles. The second-order valence-electron chi connectivity index (χ2n) is 18.2. The zero-order valence-corrected chi connectivity index (χ0v) is 40.8. The summed E-state index contributed by atoms with van der Waals surface area (Å²) in [5.41, 5.74) is 20.2. The summed E-state index contributed by atoms with van der Waals surface area (Å²) < 4.78 is 38.6. The molecule has 22 nitrogen and oxygen atoms in total. The Kier molecular flexibility index (Phi) is 17.8. The predicted octanol–water partition coefficient (Wildman–Crippen LogP) is 1.17. The first kappa shape index (κ1) is 54.0. The van der Waals surface area contributed by atoms with Gasteiger partial charge in [0, 0.05) is 36.7 Å². The van der Waals surface area contributed by atoms with Crippen LogP contribution in [0.3, 0.4) is 0 Å². The third kappa shape index (κ3) is 14.1. The van der Waals surface area contributed by atoms with Crippen LogP contribution in [0.2, 0.25) is 0 Å². The van der Waals surface area contributed by atoms with Crippen molar-refractivity contribution < 1.29 is 52.1 Å². The van der Waals surface area contributed by atoms with Gasteiger partial charge < -0.3 is 57.7 Å². The second kappa shape index (κ2) is 23.1. The molecule has 3 aromatic carbocycles. The van der Waals surface area contributed by atoms with E-state index in [-0.39, 0.29) is 89.2 Å². The highest BCUT2D eigenvalue weighted by Crippen LogP contribution is 2.45. The lowest BCUT2D eigenvalue weighted by Crippen LogP contribution is -2.57. The highest BCUT2D eigenvalue weighted by Gasteiger charge is 2.38. The molecular weight excluding hydrogens is 927 g/mol. The summed E-state index contributed by atoms with van der Waals surface area (Å²) in [7, 11) is -3.31. The number of carbonyl (C=O) groups excluding carboxylic acids is 4. The Bertz CT molecular complexity index is 2670. The van der Waals surface area contributed by atoms with Crippen LogP contribution in [0.1, 0.15) is 79.3 Å². The smallest absolute Gasteiger partial charge is 0.326 e. The number of phenols is 1. The fourth-order valence-corrected chi connectivity index (χ4v) is 8.11. The summed E-state index contributed by atoms with van der Waals surface area (Å²) in [5, 5.41) is 34.8. The molecular formula is C47H63N11O11S. The van der Waals surface area contributed by atoms with E-state index < -0.39 is 76.3 Å². The van der Waals surface area contributed by atoms with Crippen molar-refractivity contribution in [3.8, 4) is 39.8 Å². The van der Waals surface area contributed by atoms with E-state index >= 15 is 0 Å². The molecule has 4 aromatic rings. The fraction of sp³-hybridized carbons (Fsp3) is 0.426. The number of aromatic hydroxyl groups is 1. The van der Waals surface area contributed by atoms with Gasteiger partial charge in [-0.1, -0.05) is 51.1 Å². The molecule has 23 heteroatoms. The molecule has 1 aliphatic rings. The number of nitrogens with zero attached hydrogens (tertiary/aromatic N) is 3. The summed E-state index contributed by atoms with van der Waals surface area (Å²) in [6.07, 6.45) is 1.39. The van der Waals surface area contributed by atoms with E-state index in [9.17, 15) is 42.6 Å². The molecule has 4 amide bonds. The number of nitrogens with two attached hydrogens (primary N) is 4. The molecule has 4 bridgehead atoms. The van der Waals surface area contributed by atoms with E-state index in [0.29, 0.717) is 24.0 Å². The Morgan fingerprint density at radius 3 is 2.16 bits per heavy atom. The average molecular weight is 990 g/mol. The minimum absolute atomic E-state index is 0.000284. The summed E-state index contributed by atoms with van der Waals surface area (Å²) in [6.45, 7) is 8.99. The van der Waals surface area contributed by atoms with E-state index in [1.165, 1.54) is 33.0 Å². The summed E-state index contributed by atoms with van der Waals surface area (Å²) >= 11 is 0. The van der Waals surface area contributed by atoms with Crippen molar-refractivity contribution in [2.75, 3.05) is 45.6 Å². The summed E-state index contributed by atoms with van der Waals surface area (Å²) in [6, 6.07) is 8.51. The molecule has 1 aromatic heterocycles. The lowest BCUT2D eigenvalue weighted by Gasteiger charge is -2.33. The van der Waals surface area contributed by atoms with Crippen molar-refractivity contribution >= 4 is 45.6 Å². The lowest BCUT2D eigenvalue weighted by molar-refractivity contribution is -0.143. The van der Waals surface area contributed by atoms with Crippen LogP contribution in [0.25, 0.3) is 22.5 Å². The molecule has 0 radical (unpaired) electrons. The molecule has 0 saturated carbocycles. The quantitative estimate of drug-likeness (QED) is 0.0626. The third-order valence-electron chi connectivity index (χ3n) is 11.1. The van der Waals surface area contributed by atoms with Crippen molar-refractivity contribution in [1.29, 1.82) is 0 Å². The second-order valence-corrected chi connectivity index (χ2v) is 19.5. The number of hydrogen-bond donors (Lipinski definition) is 10. The average Bonchev–Trinajstić information content (AvgIpc) is 3.27. The van der Waals surface area contributed by atoms with Gasteiger partial charge in [-0.2, -0.15) is 13.1 Å². The summed E-state index contributed by atoms with van der Waals surface area (Å²) in [4.78, 5) is 79.5. The van der Waals surface area contributed by atoms with E-state index in [0.717, 1.165) is 16.9 Å². The van der Waals surface area contributed by atoms with Gasteiger partial charge in [0.2, 0.25) is 17.7 Å². The third-order valence-corrected chi connectivity index (χ3v) is 11.7. The number of carbonyl (C=O) groups is 5. The Labute approximate surface area is 406 Å². The number of nitrogens with one attached hydrogen (secondary N) is 4. The number of aliphatic carboxylic acids is 1. The number of aryl methyl sites for hydroxylation is 1. The molecule has 378 valence electrons. The van der Waals surface area contributed by atoms with Gasteiger partial charge in [0.15, 0.2) is 17.3 Å². The minimum atomic E-state index is -4.50. The zero-order valence-electron chi connectivity index (χ0n) is 40.0. The van der Waals surface area contributed by atoms with Crippen molar-refractivity contribution in [3.63, 3.8) is 0 Å². The van der Waals surface area contributed by atoms with Crippen LogP contribution < -0.4 is 52.5 Å². The topological polar surface area (TPSA) is 360 Å². The molecule has 1 aliphatic heterocycles. The predicted molar refractivity (Wildman–Crippen MR) is 260 cm³/mol. The standard InChI is InChI=1S/C47H63N11O11S/c1-25-37(40(50)57-41(53-25)29-12-9-27(10-13-29)23-47(3,4)5)43(61)56-34(24-52-70(51,66)67)45(63)58(6)38-30-21-32(39(59)36(22-30)69-18-8-16-49)31-19-28(11-14-35(31)68-17-7-15-48)20-33(46(64)65)55-42(60)26(2)54-44(38)62/h9-14,19,21-22,26,33-34,38,52,59H,7-8,15-18,20,23-24,48-49H2,1-6H3,(H,54,62)(H,55,60)(H,56,61)(H,64,65)(H2,50,53,57)(H2,51,66,67)/t26-,33-,34-,38-/m0/s1. The number of carboxylic acid groups (broad SMARTS) is 1. The fourth-order valence-electron chi connectivity index (χ4n) is 7.71. The van der Waals surface area contributed by atoms with Crippen molar-refractivity contribution in [2.45, 2.75) is 84.5 Å². The van der Waals surface area contributed by atoms with Gasteiger partial charge in [-0.15, -0.1) is 0 Å². The number of carboxylic acids is 1. The molecule has 5 rings (SSSR count). The van der Waals surface area contributed by atoms with Gasteiger partial charge in [-0.25, -0.2) is 19.9 Å². The molecule has 70 heavy (non-hydrogen) atoms. The molecule has 0 spiro atoms. The first-order chi connectivity index (χ1) is 32.9. The van der Waals surface area contributed by atoms with E-state index in [4.69, 9.17) is 31.8 Å². The lowest BCUT2D eigenvalue weighted by atomic mass is 9.88. The van der Waals surface area contributed by atoms with Crippen LogP contribution in [-0.2, 0) is 42.2 Å². The van der Waals surface area contributed by atoms with Gasteiger partial charge in [0.25, 0.3) is 16.1 Å². The number of nitrogen functional groups attached to an aromatic ring is 1. The van der Waals surface area contributed by atoms with Crippen LogP contribution in [0, 0.1) is 12.3 Å². The maximum absolute atomic E-state index is 14.9. The normalized spacial score (nSPS) is 16.8. The number of rotatable bonds is 18. The molecule has 2 heterocycles. The maximum atomic E-state index is 14.9. The Balaban J connectivity index is 1.63. The van der Waals surface area contributed by atoms with Crippen LogP contribution in [0.5, 0.6) is 17.2 Å². The number of fused-ring (bicyclic) bond motifs is 5. The van der Waals surface area contributed by atoms with Crippen molar-refractivity contribution in [2.24, 2.45) is 22.0 Å². The van der Waals surface area contributed by atoms with Gasteiger partial charge in [-0.05, 0) is 92.6 Å². The van der Waals surface area contributed by atoms with E-state index in [2.05, 4.69) is 46.7 Å². The number of amides is 4. The Hall–Kier alpha value is -6.92. The molecule has 0 unspecified atom stereocenters. The molecule has 0 saturated heterocycles. The number of benzene rings is 3.